The Morgan fingerprint density at radius 2 is 1.62 bits per heavy atom. The van der Waals surface area contributed by atoms with Gasteiger partial charge in [-0.3, -0.25) is 4.55 Å². The highest BCUT2D eigenvalue weighted by molar-refractivity contribution is 7.85. The molecule has 122 valence electrons. The van der Waals surface area contributed by atoms with Gasteiger partial charge in [-0.05, 0) is 41.8 Å². The summed E-state index contributed by atoms with van der Waals surface area (Å²) in [5.41, 5.74) is 6.62. The first-order chi connectivity index (χ1) is 11.3. The number of nitrogens with two attached hydrogens (primary N) is 1. The molecule has 0 aliphatic carbocycles. The Bertz CT molecular complexity index is 1060. The first-order valence-electron chi connectivity index (χ1n) is 6.85. The van der Waals surface area contributed by atoms with Crippen LogP contribution in [0.5, 0.6) is 5.75 Å². The van der Waals surface area contributed by atoms with Gasteiger partial charge in [0.25, 0.3) is 10.1 Å². The van der Waals surface area contributed by atoms with Crippen LogP contribution in [0.2, 0.25) is 0 Å². The zero-order valence-corrected chi connectivity index (χ0v) is 13.1. The smallest absolute Gasteiger partial charge is 0.294 e. The molecule has 8 heteroatoms. The Kier molecular flexibility index (Phi) is 3.92. The third-order valence-electron chi connectivity index (χ3n) is 3.37. The third kappa shape index (κ3) is 3.19. The molecule has 3 aromatic rings. The van der Waals surface area contributed by atoms with Crippen molar-refractivity contribution in [2.45, 2.75) is 4.90 Å². The highest BCUT2D eigenvalue weighted by Crippen LogP contribution is 2.33. The van der Waals surface area contributed by atoms with Gasteiger partial charge in [0.15, 0.2) is 0 Å². The molecule has 0 saturated heterocycles. The molecule has 0 saturated carbocycles. The minimum atomic E-state index is -4.41. The zero-order valence-electron chi connectivity index (χ0n) is 12.3. The maximum absolute atomic E-state index is 11.5. The molecule has 7 nitrogen and oxygen atoms in total. The number of anilines is 1. The van der Waals surface area contributed by atoms with Gasteiger partial charge < -0.3 is 10.8 Å². The number of phenols is 1. The highest BCUT2D eigenvalue weighted by Gasteiger charge is 2.14. The molecule has 0 atom stereocenters. The van der Waals surface area contributed by atoms with E-state index in [2.05, 4.69) is 10.2 Å². The molecule has 0 heterocycles. The van der Waals surface area contributed by atoms with Gasteiger partial charge in [0, 0.05) is 11.1 Å². The van der Waals surface area contributed by atoms with Crippen LogP contribution in [0, 0.1) is 0 Å². The number of nitrogens with zero attached hydrogens (tertiary/aromatic N) is 2. The predicted octanol–water partition coefficient (Wildman–Crippen LogP) is 3.79. The second-order valence-electron chi connectivity index (χ2n) is 5.09. The van der Waals surface area contributed by atoms with Crippen molar-refractivity contribution in [3.63, 3.8) is 0 Å². The van der Waals surface area contributed by atoms with Crippen molar-refractivity contribution in [2.24, 2.45) is 10.2 Å². The minimum Gasteiger partial charge on any atom is -0.506 e. The molecule has 0 radical (unpaired) electrons. The van der Waals surface area contributed by atoms with Crippen molar-refractivity contribution >= 4 is 38.0 Å². The van der Waals surface area contributed by atoms with Crippen LogP contribution >= 0.6 is 0 Å². The molecular weight excluding hydrogens is 330 g/mol. The fourth-order valence-electron chi connectivity index (χ4n) is 2.23. The lowest BCUT2D eigenvalue weighted by Gasteiger charge is -2.06. The summed E-state index contributed by atoms with van der Waals surface area (Å²) in [6.45, 7) is 0. The number of benzene rings is 3. The van der Waals surface area contributed by atoms with Gasteiger partial charge in [0.1, 0.15) is 11.4 Å². The number of nitrogen functional groups attached to an aromatic ring is 1. The van der Waals surface area contributed by atoms with E-state index >= 15 is 0 Å². The van der Waals surface area contributed by atoms with E-state index in [1.165, 1.54) is 18.2 Å². The second kappa shape index (κ2) is 5.91. The monoisotopic (exact) mass is 343 g/mol. The minimum absolute atomic E-state index is 0.0549. The number of aromatic hydroxyl groups is 1. The van der Waals surface area contributed by atoms with E-state index in [-0.39, 0.29) is 22.0 Å². The van der Waals surface area contributed by atoms with Gasteiger partial charge in [0.2, 0.25) is 0 Å². The van der Waals surface area contributed by atoms with Crippen LogP contribution in [0.15, 0.2) is 69.7 Å². The van der Waals surface area contributed by atoms with Crippen LogP contribution in [0.3, 0.4) is 0 Å². The van der Waals surface area contributed by atoms with Crippen LogP contribution in [0.1, 0.15) is 0 Å². The molecule has 0 fully saturated rings. The zero-order chi connectivity index (χ0) is 17.3. The number of phenolic OH excluding ortho intramolecular Hbond substituents is 1. The summed E-state index contributed by atoms with van der Waals surface area (Å²) in [5.74, 6) is -0.0549. The molecule has 0 spiro atoms. The summed E-state index contributed by atoms with van der Waals surface area (Å²) in [4.78, 5) is -0.313. The van der Waals surface area contributed by atoms with Gasteiger partial charge in [0.05, 0.1) is 10.6 Å². The van der Waals surface area contributed by atoms with Crippen LogP contribution in [0.4, 0.5) is 17.1 Å². The van der Waals surface area contributed by atoms with Crippen molar-refractivity contribution < 1.29 is 18.1 Å². The van der Waals surface area contributed by atoms with Crippen LogP contribution in [-0.4, -0.2) is 18.1 Å². The Hall–Kier alpha value is -2.97. The van der Waals surface area contributed by atoms with E-state index in [1.54, 1.807) is 36.4 Å². The quantitative estimate of drug-likeness (QED) is 0.379. The molecule has 0 unspecified atom stereocenters. The number of hydrogen-bond acceptors (Lipinski definition) is 6. The Morgan fingerprint density at radius 3 is 2.33 bits per heavy atom. The van der Waals surface area contributed by atoms with Crippen molar-refractivity contribution in [3.8, 4) is 5.75 Å². The van der Waals surface area contributed by atoms with Gasteiger partial charge in [-0.25, -0.2) is 0 Å². The molecule has 3 aromatic carbocycles. The van der Waals surface area contributed by atoms with E-state index < -0.39 is 10.1 Å². The lowest BCUT2D eigenvalue weighted by atomic mass is 10.1. The number of azo groups is 1. The van der Waals surface area contributed by atoms with Gasteiger partial charge in [-0.2, -0.15) is 8.42 Å². The van der Waals surface area contributed by atoms with Gasteiger partial charge >= 0.3 is 0 Å². The van der Waals surface area contributed by atoms with Gasteiger partial charge in [-0.15, -0.1) is 10.2 Å². The first kappa shape index (κ1) is 15.9. The fraction of sp³-hybridized carbons (Fsp3) is 0. The van der Waals surface area contributed by atoms with E-state index in [9.17, 15) is 18.1 Å². The number of fused-ring (bicyclic) bond motifs is 1. The summed E-state index contributed by atoms with van der Waals surface area (Å²) in [5, 5.41) is 18.8. The van der Waals surface area contributed by atoms with Crippen molar-refractivity contribution in [2.75, 3.05) is 5.73 Å². The molecule has 0 aliphatic rings. The molecule has 0 aliphatic heterocycles. The summed E-state index contributed by atoms with van der Waals surface area (Å²) < 4.78 is 32.2. The number of para-hydroxylation sites is 1. The van der Waals surface area contributed by atoms with E-state index in [0.29, 0.717) is 16.5 Å². The topological polar surface area (TPSA) is 125 Å². The summed E-state index contributed by atoms with van der Waals surface area (Å²) in [6, 6.07) is 13.8. The average molecular weight is 343 g/mol. The van der Waals surface area contributed by atoms with Crippen LogP contribution in [-0.2, 0) is 10.1 Å². The molecule has 0 aromatic heterocycles. The maximum Gasteiger partial charge on any atom is 0.294 e. The fourth-order valence-corrected chi connectivity index (χ4v) is 2.77. The molecule has 24 heavy (non-hydrogen) atoms. The first-order valence-corrected chi connectivity index (χ1v) is 8.29. The Labute approximate surface area is 137 Å². The standard InChI is InChI=1S/C16H13N3O4S/c17-11-5-6-13-10(7-11)8-12(24(21,22)23)9-15(13)19-18-14-3-1-2-4-16(14)20/h1-9,20H,17H2,(H,21,22,23). The Morgan fingerprint density at radius 1 is 0.917 bits per heavy atom. The van der Waals surface area contributed by atoms with Crippen molar-refractivity contribution in [1.29, 1.82) is 0 Å². The molecule has 0 bridgehead atoms. The predicted molar refractivity (Wildman–Crippen MR) is 90.5 cm³/mol. The molecule has 0 amide bonds. The number of hydrogen-bond donors (Lipinski definition) is 3. The van der Waals surface area contributed by atoms with Crippen molar-refractivity contribution in [1.82, 2.24) is 0 Å². The molecular formula is C16H13N3O4S. The largest absolute Gasteiger partial charge is 0.506 e. The maximum atomic E-state index is 11.5. The molecule has 3 rings (SSSR count). The normalized spacial score (nSPS) is 12.0. The Balaban J connectivity index is 2.21. The average Bonchev–Trinajstić information content (AvgIpc) is 2.52. The molecule has 4 N–H and O–H groups in total. The van der Waals surface area contributed by atoms with E-state index in [0.717, 1.165) is 0 Å². The van der Waals surface area contributed by atoms with Crippen LogP contribution in [0.25, 0.3) is 10.8 Å². The van der Waals surface area contributed by atoms with E-state index in [4.69, 9.17) is 5.73 Å². The summed E-state index contributed by atoms with van der Waals surface area (Å²) >= 11 is 0. The second-order valence-corrected chi connectivity index (χ2v) is 6.51. The number of rotatable bonds is 3. The lowest BCUT2D eigenvalue weighted by Crippen LogP contribution is -1.98. The SMILES string of the molecule is Nc1ccc2c(N=Nc3ccccc3O)cc(S(=O)(=O)O)cc2c1. The van der Waals surface area contributed by atoms with Gasteiger partial charge in [-0.1, -0.05) is 18.2 Å². The third-order valence-corrected chi connectivity index (χ3v) is 4.20. The summed E-state index contributed by atoms with van der Waals surface area (Å²) in [7, 11) is -4.41. The van der Waals surface area contributed by atoms with E-state index in [1.807, 2.05) is 0 Å². The van der Waals surface area contributed by atoms with Crippen molar-refractivity contribution in [3.05, 3.63) is 54.6 Å². The van der Waals surface area contributed by atoms with Crippen LogP contribution < -0.4 is 5.73 Å². The highest BCUT2D eigenvalue weighted by atomic mass is 32.2. The summed E-state index contributed by atoms with van der Waals surface area (Å²) in [6.07, 6.45) is 0. The lowest BCUT2D eigenvalue weighted by molar-refractivity contribution is 0.476.